The Kier molecular flexibility index (Phi) is 5.83. The lowest BCUT2D eigenvalue weighted by Gasteiger charge is -2.14. The van der Waals surface area contributed by atoms with E-state index in [0.29, 0.717) is 22.8 Å². The van der Waals surface area contributed by atoms with Gasteiger partial charge in [-0.15, -0.1) is 0 Å². The van der Waals surface area contributed by atoms with Crippen molar-refractivity contribution in [3.05, 3.63) is 57.5 Å². The molecule has 0 fully saturated rings. The molecule has 0 atom stereocenters. The first-order chi connectivity index (χ1) is 12.3. The van der Waals surface area contributed by atoms with E-state index in [9.17, 15) is 18.5 Å². The predicted octanol–water partition coefficient (Wildman–Crippen LogP) is 3.07. The number of benzene rings is 2. The SMILES string of the molecule is COc1ccc(/C=C/S(=O)(=O)c2ccc([N+](=O)[O-])cc2)c(OC)c1OC. The normalized spacial score (nSPS) is 11.3. The zero-order valence-corrected chi connectivity index (χ0v) is 15.1. The van der Waals surface area contributed by atoms with Crippen molar-refractivity contribution in [3.8, 4) is 17.2 Å². The Morgan fingerprint density at radius 3 is 2.04 bits per heavy atom. The second-order valence-electron chi connectivity index (χ2n) is 5.02. The van der Waals surface area contributed by atoms with Gasteiger partial charge in [0.1, 0.15) is 0 Å². The lowest BCUT2D eigenvalue weighted by atomic mass is 10.1. The number of ether oxygens (including phenoxy) is 3. The monoisotopic (exact) mass is 379 g/mol. The molecule has 0 N–H and O–H groups in total. The van der Waals surface area contributed by atoms with Gasteiger partial charge in [-0.25, -0.2) is 8.42 Å². The van der Waals surface area contributed by atoms with Crippen molar-refractivity contribution in [1.82, 2.24) is 0 Å². The summed E-state index contributed by atoms with van der Waals surface area (Å²) in [7, 11) is 0.562. The average molecular weight is 379 g/mol. The first kappa shape index (κ1) is 19.3. The van der Waals surface area contributed by atoms with Crippen LogP contribution in [0.1, 0.15) is 5.56 Å². The third-order valence-corrected chi connectivity index (χ3v) is 4.96. The van der Waals surface area contributed by atoms with E-state index in [1.165, 1.54) is 39.5 Å². The number of non-ortho nitro benzene ring substituents is 1. The molecule has 0 aliphatic rings. The van der Waals surface area contributed by atoms with Crippen LogP contribution >= 0.6 is 0 Å². The number of nitro benzene ring substituents is 1. The number of nitro groups is 1. The minimum atomic E-state index is -3.79. The van der Waals surface area contributed by atoms with Gasteiger partial charge in [0.2, 0.25) is 5.75 Å². The quantitative estimate of drug-likeness (QED) is 0.538. The van der Waals surface area contributed by atoms with E-state index in [-0.39, 0.29) is 10.6 Å². The fourth-order valence-electron chi connectivity index (χ4n) is 2.25. The summed E-state index contributed by atoms with van der Waals surface area (Å²) in [5, 5.41) is 11.7. The molecule has 0 unspecified atom stereocenters. The molecule has 2 aromatic carbocycles. The van der Waals surface area contributed by atoms with Gasteiger partial charge in [0.25, 0.3) is 5.69 Å². The number of nitrogens with zero attached hydrogens (tertiary/aromatic N) is 1. The molecular formula is C17H17NO7S. The van der Waals surface area contributed by atoms with Crippen LogP contribution in [-0.2, 0) is 9.84 Å². The number of sulfone groups is 1. The summed E-state index contributed by atoms with van der Waals surface area (Å²) in [6, 6.07) is 7.89. The van der Waals surface area contributed by atoms with Crippen molar-refractivity contribution in [2.24, 2.45) is 0 Å². The van der Waals surface area contributed by atoms with Crippen LogP contribution in [0.25, 0.3) is 6.08 Å². The van der Waals surface area contributed by atoms with E-state index in [0.717, 1.165) is 17.5 Å². The van der Waals surface area contributed by atoms with Crippen molar-refractivity contribution in [1.29, 1.82) is 0 Å². The minimum absolute atomic E-state index is 0.0567. The Labute approximate surface area is 150 Å². The highest BCUT2D eigenvalue weighted by Crippen LogP contribution is 2.40. The van der Waals surface area contributed by atoms with Gasteiger partial charge in [-0.2, -0.15) is 0 Å². The zero-order chi connectivity index (χ0) is 19.3. The second-order valence-corrected chi connectivity index (χ2v) is 6.86. The lowest BCUT2D eigenvalue weighted by Crippen LogP contribution is -1.98. The van der Waals surface area contributed by atoms with Crippen LogP contribution in [0.4, 0.5) is 5.69 Å². The predicted molar refractivity (Wildman–Crippen MR) is 95.4 cm³/mol. The lowest BCUT2D eigenvalue weighted by molar-refractivity contribution is -0.384. The Hall–Kier alpha value is -3.07. The van der Waals surface area contributed by atoms with Gasteiger partial charge in [-0.3, -0.25) is 10.1 Å². The van der Waals surface area contributed by atoms with Crippen molar-refractivity contribution >= 4 is 21.6 Å². The highest BCUT2D eigenvalue weighted by molar-refractivity contribution is 7.94. The summed E-state index contributed by atoms with van der Waals surface area (Å²) in [5.74, 6) is 1.10. The fraction of sp³-hybridized carbons (Fsp3) is 0.176. The summed E-state index contributed by atoms with van der Waals surface area (Å²) < 4.78 is 40.5. The van der Waals surface area contributed by atoms with Crippen LogP contribution in [0.5, 0.6) is 17.2 Å². The van der Waals surface area contributed by atoms with E-state index in [1.807, 2.05) is 0 Å². The molecule has 0 saturated carbocycles. The topological polar surface area (TPSA) is 105 Å². The van der Waals surface area contributed by atoms with E-state index in [1.54, 1.807) is 12.1 Å². The van der Waals surface area contributed by atoms with E-state index in [2.05, 4.69) is 0 Å². The molecule has 0 spiro atoms. The van der Waals surface area contributed by atoms with Crippen LogP contribution in [0.2, 0.25) is 0 Å². The molecule has 2 rings (SSSR count). The Bertz CT molecular complexity index is 934. The van der Waals surface area contributed by atoms with E-state index >= 15 is 0 Å². The third kappa shape index (κ3) is 3.94. The Morgan fingerprint density at radius 2 is 1.54 bits per heavy atom. The molecule has 0 bridgehead atoms. The highest BCUT2D eigenvalue weighted by Gasteiger charge is 2.16. The first-order valence-electron chi connectivity index (χ1n) is 7.30. The van der Waals surface area contributed by atoms with Crippen LogP contribution in [-0.4, -0.2) is 34.7 Å². The number of hydrogen-bond acceptors (Lipinski definition) is 7. The van der Waals surface area contributed by atoms with Gasteiger partial charge < -0.3 is 14.2 Å². The van der Waals surface area contributed by atoms with Gasteiger partial charge >= 0.3 is 0 Å². The van der Waals surface area contributed by atoms with Crippen molar-refractivity contribution in [2.75, 3.05) is 21.3 Å². The van der Waals surface area contributed by atoms with Crippen molar-refractivity contribution < 1.29 is 27.6 Å². The molecule has 0 aliphatic carbocycles. The van der Waals surface area contributed by atoms with Crippen LogP contribution < -0.4 is 14.2 Å². The molecule has 0 aromatic heterocycles. The van der Waals surface area contributed by atoms with Gasteiger partial charge in [-0.1, -0.05) is 0 Å². The molecule has 0 amide bonds. The van der Waals surface area contributed by atoms with Gasteiger partial charge in [0, 0.05) is 23.1 Å². The maximum Gasteiger partial charge on any atom is 0.269 e. The van der Waals surface area contributed by atoms with Crippen molar-refractivity contribution in [2.45, 2.75) is 4.90 Å². The van der Waals surface area contributed by atoms with Crippen LogP contribution in [0.3, 0.4) is 0 Å². The molecule has 8 nitrogen and oxygen atoms in total. The summed E-state index contributed by atoms with van der Waals surface area (Å²) in [4.78, 5) is 10.0. The molecule has 0 heterocycles. The molecule has 0 radical (unpaired) electrons. The minimum Gasteiger partial charge on any atom is -0.493 e. The van der Waals surface area contributed by atoms with Gasteiger partial charge in [0.15, 0.2) is 21.3 Å². The van der Waals surface area contributed by atoms with Crippen molar-refractivity contribution in [3.63, 3.8) is 0 Å². The average Bonchev–Trinajstić information content (AvgIpc) is 2.65. The van der Waals surface area contributed by atoms with Crippen LogP contribution in [0.15, 0.2) is 46.7 Å². The smallest absolute Gasteiger partial charge is 0.269 e. The largest absolute Gasteiger partial charge is 0.493 e. The summed E-state index contributed by atoms with van der Waals surface area (Å²) in [5.41, 5.74) is 0.283. The third-order valence-electron chi connectivity index (χ3n) is 3.54. The van der Waals surface area contributed by atoms with E-state index in [4.69, 9.17) is 14.2 Å². The summed E-state index contributed by atoms with van der Waals surface area (Å²) in [6.07, 6.45) is 1.36. The number of methoxy groups -OCH3 is 3. The maximum atomic E-state index is 12.4. The molecular weight excluding hydrogens is 362 g/mol. The fourth-order valence-corrected chi connectivity index (χ4v) is 3.25. The second kappa shape index (κ2) is 7.87. The summed E-state index contributed by atoms with van der Waals surface area (Å²) >= 11 is 0. The first-order valence-corrected chi connectivity index (χ1v) is 8.85. The van der Waals surface area contributed by atoms with Gasteiger partial charge in [0.05, 0.1) is 31.1 Å². The molecule has 9 heteroatoms. The molecule has 138 valence electrons. The van der Waals surface area contributed by atoms with Crippen LogP contribution in [0, 0.1) is 10.1 Å². The number of rotatable bonds is 7. The molecule has 2 aromatic rings. The molecule has 26 heavy (non-hydrogen) atoms. The molecule has 0 saturated heterocycles. The molecule has 0 aliphatic heterocycles. The standard InChI is InChI=1S/C17H17NO7S/c1-23-15-9-4-12(16(24-2)17(15)25-3)10-11-26(21,22)14-7-5-13(6-8-14)18(19)20/h4-11H,1-3H3/b11-10+. The number of hydrogen-bond donors (Lipinski definition) is 0. The van der Waals surface area contributed by atoms with Gasteiger partial charge in [-0.05, 0) is 30.3 Å². The highest BCUT2D eigenvalue weighted by atomic mass is 32.2. The van der Waals surface area contributed by atoms with E-state index < -0.39 is 14.8 Å². The zero-order valence-electron chi connectivity index (χ0n) is 14.3. The summed E-state index contributed by atoms with van der Waals surface area (Å²) in [6.45, 7) is 0. The Balaban J connectivity index is 2.40. The Morgan fingerprint density at radius 1 is 0.923 bits per heavy atom. The maximum absolute atomic E-state index is 12.4.